The van der Waals surface area contributed by atoms with Crippen molar-refractivity contribution in [2.75, 3.05) is 38.0 Å². The molecular formula is C21H31ClN4O. The lowest BCUT2D eigenvalue weighted by Crippen LogP contribution is -2.28. The first-order valence-corrected chi connectivity index (χ1v) is 10.3. The molecule has 2 N–H and O–H groups in total. The van der Waals surface area contributed by atoms with Crippen LogP contribution in [0.25, 0.3) is 10.9 Å². The van der Waals surface area contributed by atoms with Gasteiger partial charge in [0.15, 0.2) is 0 Å². The number of carbonyl (C=O) groups excluding carboxylic acids is 1. The zero-order chi connectivity index (χ0) is 19.5. The van der Waals surface area contributed by atoms with E-state index in [1.165, 1.54) is 0 Å². The predicted molar refractivity (Wildman–Crippen MR) is 115 cm³/mol. The first-order valence-electron chi connectivity index (χ1n) is 9.91. The summed E-state index contributed by atoms with van der Waals surface area (Å²) < 4.78 is 0. The van der Waals surface area contributed by atoms with E-state index in [0.717, 1.165) is 55.5 Å². The van der Waals surface area contributed by atoms with Gasteiger partial charge in [0.1, 0.15) is 0 Å². The molecule has 148 valence electrons. The van der Waals surface area contributed by atoms with Crippen molar-refractivity contribution in [3.8, 4) is 0 Å². The maximum absolute atomic E-state index is 11.9. The van der Waals surface area contributed by atoms with E-state index in [-0.39, 0.29) is 5.91 Å². The molecule has 0 spiro atoms. The third-order valence-electron chi connectivity index (χ3n) is 4.74. The minimum atomic E-state index is 0.131. The smallest absolute Gasteiger partial charge is 0.220 e. The second-order valence-electron chi connectivity index (χ2n) is 6.63. The monoisotopic (exact) mass is 390 g/mol. The van der Waals surface area contributed by atoms with E-state index >= 15 is 0 Å². The number of fused-ring (bicyclic) bond motifs is 1. The van der Waals surface area contributed by atoms with Gasteiger partial charge >= 0.3 is 0 Å². The standard InChI is InChI=1S/C21H31ClN4O/c1-3-26(4-2)15-7-5-6-8-21(27)25-14-13-24-19-11-12-23-20-16-17(22)9-10-18(19)20/h9-12,16H,3-8,13-15H2,1-2H3,(H,23,24)(H,25,27). The van der Waals surface area contributed by atoms with Crippen LogP contribution in [0.5, 0.6) is 0 Å². The molecular weight excluding hydrogens is 360 g/mol. The molecule has 27 heavy (non-hydrogen) atoms. The summed E-state index contributed by atoms with van der Waals surface area (Å²) in [6.07, 6.45) is 5.59. The highest BCUT2D eigenvalue weighted by Crippen LogP contribution is 2.24. The van der Waals surface area contributed by atoms with Gasteiger partial charge in [-0.3, -0.25) is 9.78 Å². The number of anilines is 1. The molecule has 1 aromatic heterocycles. The molecule has 0 radical (unpaired) electrons. The van der Waals surface area contributed by atoms with Crippen molar-refractivity contribution in [3.05, 3.63) is 35.5 Å². The largest absolute Gasteiger partial charge is 0.383 e. The molecule has 0 atom stereocenters. The van der Waals surface area contributed by atoms with Gasteiger partial charge in [-0.05, 0) is 56.7 Å². The van der Waals surface area contributed by atoms with Crippen LogP contribution in [0.4, 0.5) is 5.69 Å². The van der Waals surface area contributed by atoms with Crippen LogP contribution in [-0.2, 0) is 4.79 Å². The van der Waals surface area contributed by atoms with E-state index in [0.29, 0.717) is 24.5 Å². The number of unbranched alkanes of at least 4 members (excludes halogenated alkanes) is 2. The van der Waals surface area contributed by atoms with Crippen LogP contribution in [0.1, 0.15) is 39.5 Å². The van der Waals surface area contributed by atoms with Crippen molar-refractivity contribution >= 4 is 34.1 Å². The SMILES string of the molecule is CCN(CC)CCCCCC(=O)NCCNc1ccnc2cc(Cl)ccc12. The number of rotatable bonds is 12. The van der Waals surface area contributed by atoms with Gasteiger partial charge in [-0.2, -0.15) is 0 Å². The minimum absolute atomic E-state index is 0.131. The second kappa shape index (κ2) is 11.8. The van der Waals surface area contributed by atoms with E-state index in [2.05, 4.69) is 34.4 Å². The van der Waals surface area contributed by atoms with Gasteiger partial charge < -0.3 is 15.5 Å². The topological polar surface area (TPSA) is 57.3 Å². The van der Waals surface area contributed by atoms with Gasteiger partial charge in [0.25, 0.3) is 0 Å². The minimum Gasteiger partial charge on any atom is -0.383 e. The highest BCUT2D eigenvalue weighted by Gasteiger charge is 2.04. The maximum atomic E-state index is 11.9. The molecule has 0 saturated heterocycles. The van der Waals surface area contributed by atoms with E-state index in [4.69, 9.17) is 11.6 Å². The maximum Gasteiger partial charge on any atom is 0.220 e. The summed E-state index contributed by atoms with van der Waals surface area (Å²) in [5, 5.41) is 8.05. The van der Waals surface area contributed by atoms with Gasteiger partial charge in [-0.1, -0.05) is 31.9 Å². The Morgan fingerprint density at radius 1 is 1.11 bits per heavy atom. The number of hydrogen-bond donors (Lipinski definition) is 2. The summed E-state index contributed by atoms with van der Waals surface area (Å²) in [4.78, 5) is 18.7. The molecule has 0 unspecified atom stereocenters. The van der Waals surface area contributed by atoms with Crippen molar-refractivity contribution in [2.45, 2.75) is 39.5 Å². The molecule has 1 amide bonds. The summed E-state index contributed by atoms with van der Waals surface area (Å²) in [6.45, 7) is 8.99. The van der Waals surface area contributed by atoms with Crippen LogP contribution in [0.2, 0.25) is 5.02 Å². The Hall–Kier alpha value is -1.85. The summed E-state index contributed by atoms with van der Waals surface area (Å²) in [7, 11) is 0. The molecule has 2 rings (SSSR count). The number of nitrogens with one attached hydrogen (secondary N) is 2. The lowest BCUT2D eigenvalue weighted by Gasteiger charge is -2.17. The van der Waals surface area contributed by atoms with Gasteiger partial charge in [-0.25, -0.2) is 0 Å². The Labute approximate surface area is 167 Å². The van der Waals surface area contributed by atoms with E-state index in [1.807, 2.05) is 24.3 Å². The van der Waals surface area contributed by atoms with Crippen LogP contribution in [0.3, 0.4) is 0 Å². The third kappa shape index (κ3) is 7.35. The fourth-order valence-electron chi connectivity index (χ4n) is 3.10. The summed E-state index contributed by atoms with van der Waals surface area (Å²) >= 11 is 6.01. The lowest BCUT2D eigenvalue weighted by atomic mass is 10.2. The third-order valence-corrected chi connectivity index (χ3v) is 4.98. The second-order valence-corrected chi connectivity index (χ2v) is 7.07. The molecule has 0 aliphatic carbocycles. The number of hydrogen-bond acceptors (Lipinski definition) is 4. The Kier molecular flexibility index (Phi) is 9.36. The molecule has 1 aromatic carbocycles. The van der Waals surface area contributed by atoms with Gasteiger partial charge in [0, 0.05) is 41.8 Å². The lowest BCUT2D eigenvalue weighted by molar-refractivity contribution is -0.121. The van der Waals surface area contributed by atoms with Gasteiger partial charge in [0.2, 0.25) is 5.91 Å². The Morgan fingerprint density at radius 3 is 2.70 bits per heavy atom. The number of carbonyl (C=O) groups is 1. The van der Waals surface area contributed by atoms with Crippen LogP contribution in [0, 0.1) is 0 Å². The molecule has 5 nitrogen and oxygen atoms in total. The van der Waals surface area contributed by atoms with Crippen LogP contribution in [-0.4, -0.2) is 48.5 Å². The number of benzene rings is 1. The highest BCUT2D eigenvalue weighted by molar-refractivity contribution is 6.31. The molecule has 6 heteroatoms. The van der Waals surface area contributed by atoms with Gasteiger partial charge in [-0.15, -0.1) is 0 Å². The Balaban J connectivity index is 1.62. The average Bonchev–Trinajstić information content (AvgIpc) is 2.67. The van der Waals surface area contributed by atoms with Crippen molar-refractivity contribution in [1.82, 2.24) is 15.2 Å². The van der Waals surface area contributed by atoms with Crippen molar-refractivity contribution < 1.29 is 4.79 Å². The summed E-state index contributed by atoms with van der Waals surface area (Å²) in [5.41, 5.74) is 1.86. The number of pyridine rings is 1. The fourth-order valence-corrected chi connectivity index (χ4v) is 3.27. The first-order chi connectivity index (χ1) is 13.1. The van der Waals surface area contributed by atoms with E-state index in [1.54, 1.807) is 6.20 Å². The van der Waals surface area contributed by atoms with Crippen molar-refractivity contribution in [3.63, 3.8) is 0 Å². The van der Waals surface area contributed by atoms with E-state index in [9.17, 15) is 4.79 Å². The highest BCUT2D eigenvalue weighted by atomic mass is 35.5. The van der Waals surface area contributed by atoms with Crippen molar-refractivity contribution in [1.29, 1.82) is 0 Å². The number of halogens is 1. The van der Waals surface area contributed by atoms with Crippen LogP contribution in [0.15, 0.2) is 30.5 Å². The van der Waals surface area contributed by atoms with Crippen LogP contribution >= 0.6 is 11.6 Å². The quantitative estimate of drug-likeness (QED) is 0.530. The molecule has 0 fully saturated rings. The fraction of sp³-hybridized carbons (Fsp3) is 0.524. The van der Waals surface area contributed by atoms with Gasteiger partial charge in [0.05, 0.1) is 5.52 Å². The predicted octanol–water partition coefficient (Wildman–Crippen LogP) is 4.32. The Morgan fingerprint density at radius 2 is 1.93 bits per heavy atom. The number of nitrogens with zero attached hydrogens (tertiary/aromatic N) is 2. The van der Waals surface area contributed by atoms with Crippen molar-refractivity contribution in [2.24, 2.45) is 0 Å². The first kappa shape index (κ1) is 21.5. The number of aromatic nitrogens is 1. The molecule has 0 saturated carbocycles. The van der Waals surface area contributed by atoms with E-state index < -0.39 is 0 Å². The normalized spacial score (nSPS) is 11.1. The molecule has 2 aromatic rings. The molecule has 1 heterocycles. The molecule has 0 aliphatic heterocycles. The number of amides is 1. The zero-order valence-electron chi connectivity index (χ0n) is 16.4. The Bertz CT molecular complexity index is 718. The molecule has 0 aliphatic rings. The summed E-state index contributed by atoms with van der Waals surface area (Å²) in [6, 6.07) is 7.61. The van der Waals surface area contributed by atoms with Crippen LogP contribution < -0.4 is 10.6 Å². The molecule has 0 bridgehead atoms. The average molecular weight is 391 g/mol. The zero-order valence-corrected chi connectivity index (χ0v) is 17.2. The summed E-state index contributed by atoms with van der Waals surface area (Å²) in [5.74, 6) is 0.131.